The molecule has 0 radical (unpaired) electrons. The highest BCUT2D eigenvalue weighted by atomic mass is 32.1. The van der Waals surface area contributed by atoms with Crippen molar-refractivity contribution in [3.8, 4) is 0 Å². The number of ether oxygens (including phenoxy) is 2. The van der Waals surface area contributed by atoms with Gasteiger partial charge in [0.1, 0.15) is 5.70 Å². The molecule has 154 valence electrons. The Bertz CT molecular complexity index is 1020. The Kier molecular flexibility index (Phi) is 6.82. The van der Waals surface area contributed by atoms with Gasteiger partial charge in [0.2, 0.25) is 0 Å². The number of amides is 1. The van der Waals surface area contributed by atoms with Crippen LogP contribution in [0, 0.1) is 0 Å². The maximum Gasteiger partial charge on any atom is 0.355 e. The van der Waals surface area contributed by atoms with E-state index in [9.17, 15) is 14.4 Å². The molecule has 1 aromatic carbocycles. The Balaban J connectivity index is 1.86. The van der Waals surface area contributed by atoms with E-state index in [0.29, 0.717) is 17.8 Å². The zero-order chi connectivity index (χ0) is 21.5. The van der Waals surface area contributed by atoms with Gasteiger partial charge in [0.05, 0.1) is 26.3 Å². The van der Waals surface area contributed by atoms with Gasteiger partial charge in [0, 0.05) is 22.3 Å². The molecule has 0 aliphatic carbocycles. The van der Waals surface area contributed by atoms with E-state index in [2.05, 4.69) is 5.32 Å². The van der Waals surface area contributed by atoms with E-state index in [-0.39, 0.29) is 17.2 Å². The lowest BCUT2D eigenvalue weighted by Crippen LogP contribution is -2.27. The van der Waals surface area contributed by atoms with Gasteiger partial charge in [-0.1, -0.05) is 12.1 Å². The average molecular weight is 424 g/mol. The molecular weight excluding hydrogens is 404 g/mol. The van der Waals surface area contributed by atoms with E-state index in [1.165, 1.54) is 25.2 Å². The number of nitrogens with zero attached hydrogens (tertiary/aromatic N) is 1. The third kappa shape index (κ3) is 4.66. The van der Waals surface area contributed by atoms with Crippen molar-refractivity contribution in [2.24, 2.45) is 0 Å². The normalized spacial score (nSPS) is 13.1. The Hall–Kier alpha value is -3.65. The van der Waals surface area contributed by atoms with Crippen LogP contribution in [-0.4, -0.2) is 32.1 Å². The van der Waals surface area contributed by atoms with Gasteiger partial charge in [-0.15, -0.1) is 11.3 Å². The molecule has 0 saturated heterocycles. The molecule has 1 aromatic heterocycles. The average Bonchev–Trinajstić information content (AvgIpc) is 3.21. The number of allylic oxidation sites excluding steroid dienone is 2. The summed E-state index contributed by atoms with van der Waals surface area (Å²) in [7, 11) is 2.48. The summed E-state index contributed by atoms with van der Waals surface area (Å²) in [6.45, 7) is 0.455. The first-order valence-electron chi connectivity index (χ1n) is 9.00. The van der Waals surface area contributed by atoms with Crippen molar-refractivity contribution < 1.29 is 23.9 Å². The second kappa shape index (κ2) is 9.71. The molecule has 0 saturated carbocycles. The van der Waals surface area contributed by atoms with Crippen LogP contribution in [0.15, 0.2) is 77.5 Å². The van der Waals surface area contributed by atoms with Crippen LogP contribution >= 0.6 is 11.3 Å². The Morgan fingerprint density at radius 1 is 1.00 bits per heavy atom. The van der Waals surface area contributed by atoms with Gasteiger partial charge in [-0.2, -0.15) is 0 Å². The van der Waals surface area contributed by atoms with Gasteiger partial charge >= 0.3 is 11.9 Å². The zero-order valence-electron chi connectivity index (χ0n) is 16.5. The van der Waals surface area contributed by atoms with Crippen molar-refractivity contribution in [2.75, 3.05) is 19.1 Å². The van der Waals surface area contributed by atoms with Crippen LogP contribution in [-0.2, 0) is 25.6 Å². The molecule has 1 amide bonds. The predicted molar refractivity (Wildman–Crippen MR) is 114 cm³/mol. The lowest BCUT2D eigenvalue weighted by Gasteiger charge is -2.23. The number of hydrogen-bond acceptors (Lipinski definition) is 7. The number of nitrogens with one attached hydrogen (secondary N) is 1. The van der Waals surface area contributed by atoms with Gasteiger partial charge in [0.15, 0.2) is 0 Å². The number of hydrogen-bond donors (Lipinski definition) is 1. The van der Waals surface area contributed by atoms with Crippen molar-refractivity contribution in [2.45, 2.75) is 6.54 Å². The highest BCUT2D eigenvalue weighted by molar-refractivity contribution is 7.09. The van der Waals surface area contributed by atoms with Crippen molar-refractivity contribution in [1.29, 1.82) is 0 Å². The molecule has 0 spiro atoms. The molecule has 7 nitrogen and oxygen atoms in total. The molecule has 2 aromatic rings. The summed E-state index contributed by atoms with van der Waals surface area (Å²) in [5.74, 6) is -1.56. The molecular formula is C22H20N2O5S. The highest BCUT2D eigenvalue weighted by Gasteiger charge is 2.27. The summed E-state index contributed by atoms with van der Waals surface area (Å²) in [6.07, 6.45) is 6.42. The number of methoxy groups -OCH3 is 2. The smallest absolute Gasteiger partial charge is 0.355 e. The standard InChI is InChI=1S/C22H20N2O5S/c1-28-21(26)18-7-3-4-12-24(19(18)22(27)29-2)16-10-8-15(9-11-16)20(25)23-14-17-6-5-13-30-17/h3-13H,14H2,1-2H3,(H,23,25). The molecule has 2 heterocycles. The minimum Gasteiger partial charge on any atom is -0.465 e. The lowest BCUT2D eigenvalue weighted by molar-refractivity contribution is -0.139. The lowest BCUT2D eigenvalue weighted by atomic mass is 10.1. The Morgan fingerprint density at radius 2 is 1.73 bits per heavy atom. The molecule has 0 unspecified atom stereocenters. The fourth-order valence-corrected chi connectivity index (χ4v) is 3.47. The van der Waals surface area contributed by atoms with Crippen LogP contribution in [0.25, 0.3) is 0 Å². The topological polar surface area (TPSA) is 84.9 Å². The molecule has 0 fully saturated rings. The minimum atomic E-state index is -0.690. The van der Waals surface area contributed by atoms with E-state index in [1.807, 2.05) is 17.5 Å². The molecule has 1 aliphatic heterocycles. The maximum absolute atomic E-state index is 12.4. The molecule has 0 atom stereocenters. The number of carbonyl (C=O) groups excluding carboxylic acids is 3. The van der Waals surface area contributed by atoms with Crippen LogP contribution < -0.4 is 10.2 Å². The zero-order valence-corrected chi connectivity index (χ0v) is 17.3. The van der Waals surface area contributed by atoms with Crippen molar-refractivity contribution >= 4 is 34.9 Å². The van der Waals surface area contributed by atoms with Gasteiger partial charge < -0.3 is 19.7 Å². The summed E-state index contributed by atoms with van der Waals surface area (Å²) in [4.78, 5) is 39.6. The van der Waals surface area contributed by atoms with Crippen molar-refractivity contribution in [1.82, 2.24) is 5.32 Å². The Labute approximate surface area is 177 Å². The van der Waals surface area contributed by atoms with Crippen LogP contribution in [0.2, 0.25) is 0 Å². The van der Waals surface area contributed by atoms with Gasteiger partial charge in [-0.3, -0.25) is 4.79 Å². The quantitative estimate of drug-likeness (QED) is 0.717. The summed E-state index contributed by atoms with van der Waals surface area (Å²) in [6, 6.07) is 10.6. The van der Waals surface area contributed by atoms with E-state index < -0.39 is 11.9 Å². The van der Waals surface area contributed by atoms with Gasteiger partial charge in [-0.25, -0.2) is 9.59 Å². The van der Waals surface area contributed by atoms with E-state index in [4.69, 9.17) is 9.47 Å². The fraction of sp³-hybridized carbons (Fsp3) is 0.136. The number of benzene rings is 1. The number of thiophene rings is 1. The molecule has 0 bridgehead atoms. The first-order chi connectivity index (χ1) is 14.5. The SMILES string of the molecule is COC(=O)C1=C(C(=O)OC)N(c2ccc(C(=O)NCc3cccs3)cc2)C=CC=C1. The van der Waals surface area contributed by atoms with Crippen LogP contribution in [0.4, 0.5) is 5.69 Å². The van der Waals surface area contributed by atoms with Crippen molar-refractivity contribution in [3.05, 3.63) is 87.9 Å². The first kappa shape index (κ1) is 21.1. The van der Waals surface area contributed by atoms with Crippen LogP contribution in [0.5, 0.6) is 0 Å². The first-order valence-corrected chi connectivity index (χ1v) is 9.88. The third-order valence-electron chi connectivity index (χ3n) is 4.30. The molecule has 8 heteroatoms. The van der Waals surface area contributed by atoms with E-state index in [1.54, 1.807) is 54.0 Å². The van der Waals surface area contributed by atoms with E-state index in [0.717, 1.165) is 4.88 Å². The number of carbonyl (C=O) groups is 3. The summed E-state index contributed by atoms with van der Waals surface area (Å²) >= 11 is 1.57. The monoisotopic (exact) mass is 424 g/mol. The Morgan fingerprint density at radius 3 is 2.37 bits per heavy atom. The molecule has 1 aliphatic rings. The van der Waals surface area contributed by atoms with Crippen LogP contribution in [0.3, 0.4) is 0 Å². The number of rotatable bonds is 6. The number of esters is 2. The second-order valence-corrected chi connectivity index (χ2v) is 7.16. The molecule has 30 heavy (non-hydrogen) atoms. The molecule has 1 N–H and O–H groups in total. The van der Waals surface area contributed by atoms with Crippen LogP contribution in [0.1, 0.15) is 15.2 Å². The molecule has 3 rings (SSSR count). The summed E-state index contributed by atoms with van der Waals surface area (Å²) in [5, 5.41) is 4.82. The highest BCUT2D eigenvalue weighted by Crippen LogP contribution is 2.26. The predicted octanol–water partition coefficient (Wildman–Crippen LogP) is 3.17. The second-order valence-electron chi connectivity index (χ2n) is 6.13. The maximum atomic E-state index is 12.4. The van der Waals surface area contributed by atoms with Gasteiger partial charge in [-0.05, 0) is 47.9 Å². The summed E-state index contributed by atoms with van der Waals surface area (Å²) in [5.41, 5.74) is 1.13. The van der Waals surface area contributed by atoms with Crippen molar-refractivity contribution in [3.63, 3.8) is 0 Å². The van der Waals surface area contributed by atoms with Gasteiger partial charge in [0.25, 0.3) is 5.91 Å². The fourth-order valence-electron chi connectivity index (χ4n) is 2.82. The summed E-state index contributed by atoms with van der Waals surface area (Å²) < 4.78 is 9.67. The largest absolute Gasteiger partial charge is 0.465 e. The van der Waals surface area contributed by atoms with E-state index >= 15 is 0 Å². The third-order valence-corrected chi connectivity index (χ3v) is 5.18. The number of anilines is 1. The minimum absolute atomic E-state index is 0.0178.